The molecule has 1 atom stereocenters. The number of carbonyl (C=O) groups is 3. The quantitative estimate of drug-likeness (QED) is 0.424. The van der Waals surface area contributed by atoms with Crippen LogP contribution < -0.4 is 0 Å². The second kappa shape index (κ2) is 8.45. The Hall–Kier alpha value is -3.19. The third-order valence-electron chi connectivity index (χ3n) is 4.65. The summed E-state index contributed by atoms with van der Waals surface area (Å²) in [6, 6.07) is 10.4. The maximum Gasteiger partial charge on any atom is 0.303 e. The molecule has 150 valence electrons. The molecule has 2 aromatic rings. The molecule has 1 aliphatic rings. The predicted octanol–water partition coefficient (Wildman–Crippen LogP) is 3.77. The molecule has 1 heterocycles. The number of ketones is 1. The van der Waals surface area contributed by atoms with Gasteiger partial charge >= 0.3 is 5.97 Å². The molecule has 1 unspecified atom stereocenters. The van der Waals surface area contributed by atoms with Gasteiger partial charge in [0.05, 0.1) is 11.6 Å². The van der Waals surface area contributed by atoms with Crippen LogP contribution in [0.3, 0.4) is 0 Å². The molecule has 29 heavy (non-hydrogen) atoms. The second-order valence-electron chi connectivity index (χ2n) is 6.52. The van der Waals surface area contributed by atoms with Crippen molar-refractivity contribution in [3.05, 3.63) is 76.1 Å². The topological polar surface area (TPSA) is 94.9 Å². The van der Waals surface area contributed by atoms with Crippen LogP contribution in [0.1, 0.15) is 30.0 Å². The Balaban J connectivity index is 2.12. The summed E-state index contributed by atoms with van der Waals surface area (Å²) in [5, 5.41) is 20.0. The van der Waals surface area contributed by atoms with Crippen molar-refractivity contribution < 1.29 is 29.0 Å². The molecule has 1 amide bonds. The summed E-state index contributed by atoms with van der Waals surface area (Å²) >= 11 is 5.85. The summed E-state index contributed by atoms with van der Waals surface area (Å²) in [6.07, 6.45) is -0.140. The molecular formula is C21H17ClFNO5. The first kappa shape index (κ1) is 20.5. The first-order valence-electron chi connectivity index (χ1n) is 8.82. The molecule has 0 saturated carbocycles. The lowest BCUT2D eigenvalue weighted by molar-refractivity contribution is -0.140. The number of likely N-dealkylation sites (tertiary alicyclic amines) is 1. The predicted molar refractivity (Wildman–Crippen MR) is 104 cm³/mol. The number of nitrogens with zero attached hydrogens (tertiary/aromatic N) is 1. The smallest absolute Gasteiger partial charge is 0.303 e. The van der Waals surface area contributed by atoms with Crippen molar-refractivity contribution in [3.63, 3.8) is 0 Å². The van der Waals surface area contributed by atoms with Gasteiger partial charge < -0.3 is 15.1 Å². The minimum Gasteiger partial charge on any atom is -0.507 e. The van der Waals surface area contributed by atoms with Crippen LogP contribution in [0.5, 0.6) is 0 Å². The molecule has 1 aliphatic heterocycles. The second-order valence-corrected chi connectivity index (χ2v) is 6.95. The van der Waals surface area contributed by atoms with Gasteiger partial charge in [-0.25, -0.2) is 4.39 Å². The van der Waals surface area contributed by atoms with Gasteiger partial charge in [-0.2, -0.15) is 0 Å². The zero-order valence-corrected chi connectivity index (χ0v) is 15.9. The largest absolute Gasteiger partial charge is 0.507 e. The van der Waals surface area contributed by atoms with E-state index in [1.54, 1.807) is 6.07 Å². The van der Waals surface area contributed by atoms with Crippen LogP contribution in [0.25, 0.3) is 5.76 Å². The number of aliphatic hydroxyl groups is 1. The lowest BCUT2D eigenvalue weighted by atomic mass is 9.95. The monoisotopic (exact) mass is 417 g/mol. The average Bonchev–Trinajstić information content (AvgIpc) is 2.93. The molecule has 0 bridgehead atoms. The van der Waals surface area contributed by atoms with Gasteiger partial charge in [-0.1, -0.05) is 29.8 Å². The highest BCUT2D eigenvalue weighted by atomic mass is 35.5. The Morgan fingerprint density at radius 1 is 1.07 bits per heavy atom. The standard InChI is InChI=1S/C21H17ClFNO5/c22-13-9-7-12(8-10-13)19(27)17-18(14-4-1-2-5-15(14)23)24(21(29)20(17)28)11-3-6-16(25)26/h1-2,4-5,7-10,18,27H,3,6,11H2,(H,25,26). The minimum absolute atomic E-state index is 0.0394. The van der Waals surface area contributed by atoms with Crippen molar-refractivity contribution in [2.75, 3.05) is 6.54 Å². The molecule has 1 saturated heterocycles. The van der Waals surface area contributed by atoms with Gasteiger partial charge in [-0.15, -0.1) is 0 Å². The molecule has 2 N–H and O–H groups in total. The fourth-order valence-electron chi connectivity index (χ4n) is 3.29. The molecular weight excluding hydrogens is 401 g/mol. The molecule has 3 rings (SSSR count). The molecule has 2 aromatic carbocycles. The number of amides is 1. The van der Waals surface area contributed by atoms with Gasteiger partial charge in [0.1, 0.15) is 11.6 Å². The van der Waals surface area contributed by atoms with E-state index in [9.17, 15) is 23.9 Å². The zero-order valence-electron chi connectivity index (χ0n) is 15.1. The summed E-state index contributed by atoms with van der Waals surface area (Å²) in [4.78, 5) is 37.3. The van der Waals surface area contributed by atoms with Crippen LogP contribution in [0, 0.1) is 5.82 Å². The third-order valence-corrected chi connectivity index (χ3v) is 4.90. The van der Waals surface area contributed by atoms with E-state index in [1.807, 2.05) is 0 Å². The maximum absolute atomic E-state index is 14.5. The fraction of sp³-hybridized carbons (Fsp3) is 0.190. The molecule has 6 nitrogen and oxygen atoms in total. The van der Waals surface area contributed by atoms with E-state index in [1.165, 1.54) is 42.5 Å². The third kappa shape index (κ3) is 4.14. The van der Waals surface area contributed by atoms with E-state index >= 15 is 0 Å². The van der Waals surface area contributed by atoms with E-state index in [2.05, 4.69) is 0 Å². The van der Waals surface area contributed by atoms with Crippen LogP contribution in [0.2, 0.25) is 5.02 Å². The zero-order chi connectivity index (χ0) is 21.1. The van der Waals surface area contributed by atoms with Gasteiger partial charge in [0, 0.05) is 29.1 Å². The summed E-state index contributed by atoms with van der Waals surface area (Å²) in [5.41, 5.74) is 0.0366. The van der Waals surface area contributed by atoms with Crippen LogP contribution in [-0.4, -0.2) is 39.3 Å². The normalized spacial score (nSPS) is 18.3. The van der Waals surface area contributed by atoms with Crippen molar-refractivity contribution in [1.82, 2.24) is 4.90 Å². The van der Waals surface area contributed by atoms with Crippen LogP contribution in [0.15, 0.2) is 54.1 Å². The van der Waals surface area contributed by atoms with Crippen molar-refractivity contribution in [2.45, 2.75) is 18.9 Å². The number of carbonyl (C=O) groups excluding carboxylic acids is 2. The molecule has 0 aliphatic carbocycles. The Labute approximate surface area is 170 Å². The van der Waals surface area contributed by atoms with E-state index in [4.69, 9.17) is 16.7 Å². The fourth-order valence-corrected chi connectivity index (χ4v) is 3.42. The molecule has 0 aromatic heterocycles. The number of benzene rings is 2. The van der Waals surface area contributed by atoms with Gasteiger partial charge in [-0.3, -0.25) is 14.4 Å². The Bertz CT molecular complexity index is 1000. The number of carboxylic acid groups (broad SMARTS) is 1. The number of aliphatic hydroxyl groups excluding tert-OH is 1. The molecule has 1 fully saturated rings. The van der Waals surface area contributed by atoms with Gasteiger partial charge in [0.15, 0.2) is 0 Å². The van der Waals surface area contributed by atoms with E-state index < -0.39 is 35.3 Å². The summed E-state index contributed by atoms with van der Waals surface area (Å²) < 4.78 is 14.5. The highest BCUT2D eigenvalue weighted by molar-refractivity contribution is 6.46. The Kier molecular flexibility index (Phi) is 5.98. The lowest BCUT2D eigenvalue weighted by Crippen LogP contribution is -2.31. The maximum atomic E-state index is 14.5. The average molecular weight is 418 g/mol. The summed E-state index contributed by atoms with van der Waals surface area (Å²) in [7, 11) is 0. The number of hydrogen-bond acceptors (Lipinski definition) is 4. The summed E-state index contributed by atoms with van der Waals surface area (Å²) in [6.45, 7) is -0.0761. The first-order valence-corrected chi connectivity index (χ1v) is 9.19. The van der Waals surface area contributed by atoms with Crippen molar-refractivity contribution in [2.24, 2.45) is 0 Å². The first-order chi connectivity index (χ1) is 13.8. The highest BCUT2D eigenvalue weighted by Gasteiger charge is 2.46. The molecule has 0 spiro atoms. The lowest BCUT2D eigenvalue weighted by Gasteiger charge is -2.25. The van der Waals surface area contributed by atoms with Gasteiger partial charge in [0.2, 0.25) is 0 Å². The van der Waals surface area contributed by atoms with E-state index in [0.717, 1.165) is 4.90 Å². The SMILES string of the molecule is O=C(O)CCCN1C(=O)C(=O)C(=C(O)c2ccc(Cl)cc2)C1c1ccccc1F. The van der Waals surface area contributed by atoms with Crippen molar-refractivity contribution in [3.8, 4) is 0 Å². The van der Waals surface area contributed by atoms with Crippen LogP contribution >= 0.6 is 11.6 Å². The van der Waals surface area contributed by atoms with E-state index in [-0.39, 0.29) is 36.1 Å². The number of carboxylic acids is 1. The van der Waals surface area contributed by atoms with Gasteiger partial charge in [-0.05, 0) is 36.8 Å². The molecule has 0 radical (unpaired) electrons. The van der Waals surface area contributed by atoms with E-state index in [0.29, 0.717) is 5.02 Å². The number of aliphatic carboxylic acids is 1. The number of hydrogen-bond donors (Lipinski definition) is 2. The Morgan fingerprint density at radius 3 is 2.34 bits per heavy atom. The molecule has 8 heteroatoms. The van der Waals surface area contributed by atoms with Crippen LogP contribution in [0.4, 0.5) is 4.39 Å². The highest BCUT2D eigenvalue weighted by Crippen LogP contribution is 2.40. The Morgan fingerprint density at radius 2 is 1.72 bits per heavy atom. The number of halogens is 2. The van der Waals surface area contributed by atoms with Crippen LogP contribution in [-0.2, 0) is 14.4 Å². The number of Topliss-reactive ketones (excluding diaryl/α,β-unsaturated/α-hetero) is 1. The van der Waals surface area contributed by atoms with Crippen molar-refractivity contribution >= 4 is 35.0 Å². The summed E-state index contributed by atoms with van der Waals surface area (Å²) in [5.74, 6) is -4.02. The minimum atomic E-state index is -1.17. The number of rotatable bonds is 6. The van der Waals surface area contributed by atoms with Gasteiger partial charge in [0.25, 0.3) is 11.7 Å². The van der Waals surface area contributed by atoms with Crippen molar-refractivity contribution in [1.29, 1.82) is 0 Å².